The van der Waals surface area contributed by atoms with Crippen molar-refractivity contribution in [3.8, 4) is 0 Å². The summed E-state index contributed by atoms with van der Waals surface area (Å²) in [4.78, 5) is 23.8. The topological polar surface area (TPSA) is 95.1 Å². The van der Waals surface area contributed by atoms with Crippen molar-refractivity contribution >= 4 is 29.3 Å². The highest BCUT2D eigenvalue weighted by atomic mass is 32.1. The van der Waals surface area contributed by atoms with Gasteiger partial charge in [-0.1, -0.05) is 0 Å². The average molecular weight is 277 g/mol. The number of carbonyl (C=O) groups is 2. The number of carboxylic acid groups (broad SMARTS) is 1. The molecule has 7 heteroatoms. The summed E-state index contributed by atoms with van der Waals surface area (Å²) in [7, 11) is 0. The first-order valence-corrected chi connectivity index (χ1v) is 6.24. The number of hydrogen-bond donors (Lipinski definition) is 3. The molecule has 3 N–H and O–H groups in total. The fourth-order valence-corrected chi connectivity index (χ4v) is 2.23. The van der Waals surface area contributed by atoms with Gasteiger partial charge in [-0.3, -0.25) is 9.89 Å². The molecule has 0 aliphatic carbocycles. The first kappa shape index (κ1) is 13.0. The number of nitrogens with zero attached hydrogens (tertiary/aromatic N) is 1. The Kier molecular flexibility index (Phi) is 4.09. The molecule has 0 radical (unpaired) electrons. The number of aromatic nitrogens is 2. The van der Waals surface area contributed by atoms with Crippen molar-refractivity contribution < 1.29 is 14.7 Å². The molecule has 0 aliphatic heterocycles. The van der Waals surface area contributed by atoms with Crippen LogP contribution in [0, 0.1) is 0 Å². The SMILES string of the molecule is O=C(O)C=Cc1ccc(CNC(=O)c2ccn[nH]2)s1. The number of carbonyl (C=O) groups excluding carboxylic acids is 1. The van der Waals surface area contributed by atoms with Gasteiger partial charge in [-0.15, -0.1) is 11.3 Å². The van der Waals surface area contributed by atoms with Crippen molar-refractivity contribution in [3.63, 3.8) is 0 Å². The van der Waals surface area contributed by atoms with Crippen LogP contribution in [0.3, 0.4) is 0 Å². The molecule has 0 aliphatic rings. The maximum absolute atomic E-state index is 11.6. The van der Waals surface area contributed by atoms with E-state index in [1.54, 1.807) is 6.07 Å². The molecule has 0 spiro atoms. The third-order valence-electron chi connectivity index (χ3n) is 2.24. The van der Waals surface area contributed by atoms with E-state index in [0.717, 1.165) is 15.8 Å². The maximum atomic E-state index is 11.6. The molecule has 0 saturated heterocycles. The first-order chi connectivity index (χ1) is 9.15. The van der Waals surface area contributed by atoms with E-state index in [2.05, 4.69) is 15.5 Å². The molecule has 1 amide bonds. The fourth-order valence-electron chi connectivity index (χ4n) is 1.38. The Morgan fingerprint density at radius 2 is 2.26 bits per heavy atom. The summed E-state index contributed by atoms with van der Waals surface area (Å²) >= 11 is 1.42. The molecule has 0 fully saturated rings. The van der Waals surface area contributed by atoms with Gasteiger partial charge in [0.1, 0.15) is 5.69 Å². The Labute approximate surface area is 112 Å². The summed E-state index contributed by atoms with van der Waals surface area (Å²) in [5.41, 5.74) is 0.405. The van der Waals surface area contributed by atoms with E-state index in [4.69, 9.17) is 5.11 Å². The third kappa shape index (κ3) is 3.78. The largest absolute Gasteiger partial charge is 0.478 e. The minimum atomic E-state index is -0.984. The standard InChI is InChI=1S/C12H11N3O3S/c16-11(17)4-3-8-1-2-9(19-8)7-13-12(18)10-5-6-14-15-10/h1-6H,7H2,(H,13,18)(H,14,15)(H,16,17). The summed E-state index contributed by atoms with van der Waals surface area (Å²) < 4.78 is 0. The predicted octanol–water partition coefficient (Wildman–Crippen LogP) is 1.50. The highest BCUT2D eigenvalue weighted by Crippen LogP contribution is 2.17. The lowest BCUT2D eigenvalue weighted by Gasteiger charge is -2.00. The molecule has 98 valence electrons. The smallest absolute Gasteiger partial charge is 0.328 e. The van der Waals surface area contributed by atoms with Gasteiger partial charge in [-0.05, 0) is 24.3 Å². The minimum Gasteiger partial charge on any atom is -0.478 e. The van der Waals surface area contributed by atoms with Gasteiger partial charge in [0.2, 0.25) is 0 Å². The molecular formula is C12H11N3O3S. The van der Waals surface area contributed by atoms with Crippen LogP contribution in [0.25, 0.3) is 6.08 Å². The van der Waals surface area contributed by atoms with Crippen LogP contribution in [-0.2, 0) is 11.3 Å². The molecule has 6 nitrogen and oxygen atoms in total. The van der Waals surface area contributed by atoms with Crippen molar-refractivity contribution in [1.82, 2.24) is 15.5 Å². The van der Waals surface area contributed by atoms with E-state index in [9.17, 15) is 9.59 Å². The molecule has 0 unspecified atom stereocenters. The van der Waals surface area contributed by atoms with E-state index in [-0.39, 0.29) is 5.91 Å². The first-order valence-electron chi connectivity index (χ1n) is 5.42. The number of thiophene rings is 1. The lowest BCUT2D eigenvalue weighted by atomic mass is 10.3. The number of aromatic amines is 1. The Morgan fingerprint density at radius 1 is 1.42 bits per heavy atom. The molecule has 2 aromatic rings. The number of carboxylic acids is 1. The van der Waals surface area contributed by atoms with E-state index in [1.165, 1.54) is 23.6 Å². The summed E-state index contributed by atoms with van der Waals surface area (Å²) in [5, 5.41) is 17.5. The predicted molar refractivity (Wildman–Crippen MR) is 70.7 cm³/mol. The van der Waals surface area contributed by atoms with Crippen LogP contribution in [0.2, 0.25) is 0 Å². The van der Waals surface area contributed by atoms with E-state index >= 15 is 0 Å². The molecule has 19 heavy (non-hydrogen) atoms. The van der Waals surface area contributed by atoms with Crippen molar-refractivity contribution in [2.24, 2.45) is 0 Å². The second kappa shape index (κ2) is 5.96. The van der Waals surface area contributed by atoms with Crippen LogP contribution in [0.15, 0.2) is 30.5 Å². The molecule has 0 saturated carbocycles. The van der Waals surface area contributed by atoms with Gasteiger partial charge >= 0.3 is 5.97 Å². The molecule has 0 atom stereocenters. The number of amides is 1. The van der Waals surface area contributed by atoms with Crippen LogP contribution in [0.5, 0.6) is 0 Å². The monoisotopic (exact) mass is 277 g/mol. The van der Waals surface area contributed by atoms with Crippen molar-refractivity contribution in [2.75, 3.05) is 0 Å². The molecule has 0 aromatic carbocycles. The number of aliphatic carboxylic acids is 1. The van der Waals surface area contributed by atoms with E-state index < -0.39 is 5.97 Å². The van der Waals surface area contributed by atoms with Gasteiger partial charge in [0.25, 0.3) is 5.91 Å². The fraction of sp³-hybridized carbons (Fsp3) is 0.0833. The van der Waals surface area contributed by atoms with Crippen molar-refractivity contribution in [1.29, 1.82) is 0 Å². The van der Waals surface area contributed by atoms with Gasteiger partial charge in [0, 0.05) is 22.0 Å². The Bertz CT molecular complexity index is 602. The van der Waals surface area contributed by atoms with Crippen molar-refractivity contribution in [3.05, 3.63) is 45.9 Å². The molecular weight excluding hydrogens is 266 g/mol. The highest BCUT2D eigenvalue weighted by Gasteiger charge is 2.06. The Balaban J connectivity index is 1.90. The van der Waals surface area contributed by atoms with Gasteiger partial charge in [-0.25, -0.2) is 4.79 Å². The lowest BCUT2D eigenvalue weighted by Crippen LogP contribution is -2.22. The van der Waals surface area contributed by atoms with Crippen molar-refractivity contribution in [2.45, 2.75) is 6.54 Å². The summed E-state index contributed by atoms with van der Waals surface area (Å²) in [6.45, 7) is 0.392. The summed E-state index contributed by atoms with van der Waals surface area (Å²) in [5.74, 6) is -1.21. The zero-order valence-corrected chi connectivity index (χ0v) is 10.6. The van der Waals surface area contributed by atoms with Gasteiger partial charge in [-0.2, -0.15) is 5.10 Å². The number of nitrogens with one attached hydrogen (secondary N) is 2. The van der Waals surface area contributed by atoms with Crippen LogP contribution < -0.4 is 5.32 Å². The minimum absolute atomic E-state index is 0.228. The van der Waals surface area contributed by atoms with Crippen LogP contribution >= 0.6 is 11.3 Å². The van der Waals surface area contributed by atoms with Crippen LogP contribution in [0.4, 0.5) is 0 Å². The highest BCUT2D eigenvalue weighted by molar-refractivity contribution is 7.12. The summed E-state index contributed by atoms with van der Waals surface area (Å²) in [6, 6.07) is 5.24. The number of hydrogen-bond acceptors (Lipinski definition) is 4. The molecule has 2 aromatic heterocycles. The second-order valence-corrected chi connectivity index (χ2v) is 4.83. The molecule has 0 bridgehead atoms. The second-order valence-electron chi connectivity index (χ2n) is 3.63. The Hall–Kier alpha value is -2.41. The third-order valence-corrected chi connectivity index (χ3v) is 3.29. The zero-order chi connectivity index (χ0) is 13.7. The summed E-state index contributed by atoms with van der Waals surface area (Å²) in [6.07, 6.45) is 4.11. The van der Waals surface area contributed by atoms with Gasteiger partial charge in [0.05, 0.1) is 6.54 Å². The zero-order valence-electron chi connectivity index (χ0n) is 9.79. The van der Waals surface area contributed by atoms with E-state index in [1.807, 2.05) is 12.1 Å². The number of H-pyrrole nitrogens is 1. The molecule has 2 heterocycles. The average Bonchev–Trinajstić information content (AvgIpc) is 3.04. The quantitative estimate of drug-likeness (QED) is 0.722. The number of rotatable bonds is 5. The molecule has 2 rings (SSSR count). The van der Waals surface area contributed by atoms with Gasteiger partial charge in [0.15, 0.2) is 0 Å². The maximum Gasteiger partial charge on any atom is 0.328 e. The van der Waals surface area contributed by atoms with E-state index in [0.29, 0.717) is 12.2 Å². The van der Waals surface area contributed by atoms with Gasteiger partial charge < -0.3 is 10.4 Å². The Morgan fingerprint density at radius 3 is 2.95 bits per heavy atom. The lowest BCUT2D eigenvalue weighted by molar-refractivity contribution is -0.131. The normalized spacial score (nSPS) is 10.7. The van der Waals surface area contributed by atoms with Crippen LogP contribution in [-0.4, -0.2) is 27.2 Å². The van der Waals surface area contributed by atoms with Crippen LogP contribution in [0.1, 0.15) is 20.2 Å².